The second-order valence-corrected chi connectivity index (χ2v) is 4.40. The van der Waals surface area contributed by atoms with Crippen LogP contribution in [-0.2, 0) is 9.59 Å². The van der Waals surface area contributed by atoms with Crippen molar-refractivity contribution in [3.05, 3.63) is 12.2 Å². The SMILES string of the molecule is CCC1CCCCC1N1C(=O)C=CC1=O. The number of hydrogen-bond donors (Lipinski definition) is 0. The quantitative estimate of drug-likeness (QED) is 0.648. The van der Waals surface area contributed by atoms with Gasteiger partial charge in [0.2, 0.25) is 0 Å². The lowest BCUT2D eigenvalue weighted by Gasteiger charge is -2.36. The molecule has 1 heterocycles. The van der Waals surface area contributed by atoms with Gasteiger partial charge < -0.3 is 0 Å². The lowest BCUT2D eigenvalue weighted by molar-refractivity contribution is -0.141. The van der Waals surface area contributed by atoms with Gasteiger partial charge in [0, 0.05) is 18.2 Å². The summed E-state index contributed by atoms with van der Waals surface area (Å²) in [6, 6.07) is 0.152. The molecule has 1 fully saturated rings. The van der Waals surface area contributed by atoms with Gasteiger partial charge in [-0.05, 0) is 18.8 Å². The van der Waals surface area contributed by atoms with Crippen LogP contribution in [0.3, 0.4) is 0 Å². The minimum absolute atomic E-state index is 0.120. The zero-order valence-electron chi connectivity index (χ0n) is 9.11. The summed E-state index contributed by atoms with van der Waals surface area (Å²) in [5, 5.41) is 0. The van der Waals surface area contributed by atoms with E-state index in [0.717, 1.165) is 25.7 Å². The Morgan fingerprint density at radius 2 is 1.80 bits per heavy atom. The molecule has 82 valence electrons. The minimum Gasteiger partial charge on any atom is -0.272 e. The lowest BCUT2D eigenvalue weighted by Crippen LogP contribution is -2.45. The Balaban J connectivity index is 2.14. The molecule has 3 heteroatoms. The summed E-state index contributed by atoms with van der Waals surface area (Å²) in [7, 11) is 0. The number of nitrogens with zero attached hydrogens (tertiary/aromatic N) is 1. The highest BCUT2D eigenvalue weighted by atomic mass is 16.2. The molecule has 0 bridgehead atoms. The van der Waals surface area contributed by atoms with E-state index in [0.29, 0.717) is 5.92 Å². The molecule has 0 aromatic carbocycles. The van der Waals surface area contributed by atoms with Crippen LogP contribution in [0.15, 0.2) is 12.2 Å². The van der Waals surface area contributed by atoms with Crippen molar-refractivity contribution in [3.63, 3.8) is 0 Å². The van der Waals surface area contributed by atoms with Crippen LogP contribution in [0.1, 0.15) is 39.0 Å². The number of imide groups is 1. The molecule has 1 aliphatic heterocycles. The van der Waals surface area contributed by atoms with E-state index in [1.807, 2.05) is 0 Å². The topological polar surface area (TPSA) is 37.4 Å². The van der Waals surface area contributed by atoms with E-state index in [1.54, 1.807) is 0 Å². The van der Waals surface area contributed by atoms with E-state index in [4.69, 9.17) is 0 Å². The summed E-state index contributed by atoms with van der Waals surface area (Å²) >= 11 is 0. The molecule has 2 aliphatic rings. The van der Waals surface area contributed by atoms with Crippen LogP contribution in [-0.4, -0.2) is 22.8 Å². The van der Waals surface area contributed by atoms with Gasteiger partial charge in [0.05, 0.1) is 0 Å². The highest BCUT2D eigenvalue weighted by Gasteiger charge is 2.36. The minimum atomic E-state index is -0.120. The van der Waals surface area contributed by atoms with Gasteiger partial charge in [-0.1, -0.05) is 26.2 Å². The standard InChI is InChI=1S/C12H17NO2/c1-2-9-5-3-4-6-10(9)13-11(14)7-8-12(13)15/h7-10H,2-6H2,1H3. The van der Waals surface area contributed by atoms with Crippen LogP contribution >= 0.6 is 0 Å². The van der Waals surface area contributed by atoms with Crippen molar-refractivity contribution in [2.24, 2.45) is 5.92 Å². The first-order chi connectivity index (χ1) is 7.24. The van der Waals surface area contributed by atoms with Crippen LogP contribution in [0.4, 0.5) is 0 Å². The molecule has 0 aromatic heterocycles. The average molecular weight is 207 g/mol. The van der Waals surface area contributed by atoms with Crippen molar-refractivity contribution >= 4 is 11.8 Å². The van der Waals surface area contributed by atoms with Crippen molar-refractivity contribution in [2.75, 3.05) is 0 Å². The Hall–Kier alpha value is -1.12. The van der Waals surface area contributed by atoms with E-state index < -0.39 is 0 Å². The maximum atomic E-state index is 11.6. The smallest absolute Gasteiger partial charge is 0.253 e. The third-order valence-corrected chi connectivity index (χ3v) is 3.57. The summed E-state index contributed by atoms with van der Waals surface area (Å²) in [5.74, 6) is 0.266. The second-order valence-electron chi connectivity index (χ2n) is 4.40. The third kappa shape index (κ3) is 1.83. The van der Waals surface area contributed by atoms with Crippen molar-refractivity contribution < 1.29 is 9.59 Å². The van der Waals surface area contributed by atoms with Crippen molar-refractivity contribution in [1.82, 2.24) is 4.90 Å². The van der Waals surface area contributed by atoms with Crippen LogP contribution in [0, 0.1) is 5.92 Å². The van der Waals surface area contributed by atoms with Crippen LogP contribution < -0.4 is 0 Å². The monoisotopic (exact) mass is 207 g/mol. The van der Waals surface area contributed by atoms with Gasteiger partial charge in [-0.15, -0.1) is 0 Å². The fourth-order valence-electron chi connectivity index (χ4n) is 2.74. The Kier molecular flexibility index (Phi) is 2.89. The van der Waals surface area contributed by atoms with Gasteiger partial charge in [0.1, 0.15) is 0 Å². The lowest BCUT2D eigenvalue weighted by atomic mass is 9.82. The summed E-state index contributed by atoms with van der Waals surface area (Å²) in [5.41, 5.74) is 0. The van der Waals surface area contributed by atoms with Gasteiger partial charge in [-0.2, -0.15) is 0 Å². The Morgan fingerprint density at radius 3 is 2.40 bits per heavy atom. The zero-order valence-corrected chi connectivity index (χ0v) is 9.11. The fraction of sp³-hybridized carbons (Fsp3) is 0.667. The maximum Gasteiger partial charge on any atom is 0.253 e. The average Bonchev–Trinajstić information content (AvgIpc) is 2.59. The van der Waals surface area contributed by atoms with Crippen LogP contribution in [0.25, 0.3) is 0 Å². The molecule has 0 spiro atoms. The van der Waals surface area contributed by atoms with E-state index in [9.17, 15) is 9.59 Å². The fourth-order valence-corrected chi connectivity index (χ4v) is 2.74. The number of hydrogen-bond acceptors (Lipinski definition) is 2. The van der Waals surface area contributed by atoms with E-state index in [2.05, 4.69) is 6.92 Å². The van der Waals surface area contributed by atoms with Crippen molar-refractivity contribution in [2.45, 2.75) is 45.1 Å². The molecular weight excluding hydrogens is 190 g/mol. The Morgan fingerprint density at radius 1 is 1.20 bits per heavy atom. The van der Waals surface area contributed by atoms with E-state index >= 15 is 0 Å². The zero-order chi connectivity index (χ0) is 10.8. The molecule has 0 saturated heterocycles. The summed E-state index contributed by atoms with van der Waals surface area (Å²) in [6.07, 6.45) is 8.35. The molecule has 2 amide bonds. The summed E-state index contributed by atoms with van der Waals surface area (Å²) in [4.78, 5) is 24.6. The number of carbonyl (C=O) groups is 2. The normalized spacial score (nSPS) is 31.4. The molecule has 3 nitrogen and oxygen atoms in total. The van der Waals surface area contributed by atoms with Gasteiger partial charge >= 0.3 is 0 Å². The number of rotatable bonds is 2. The first-order valence-corrected chi connectivity index (χ1v) is 5.79. The third-order valence-electron chi connectivity index (χ3n) is 3.57. The van der Waals surface area contributed by atoms with Crippen molar-refractivity contribution in [3.8, 4) is 0 Å². The highest BCUT2D eigenvalue weighted by molar-refractivity contribution is 6.13. The van der Waals surface area contributed by atoms with E-state index in [-0.39, 0.29) is 17.9 Å². The molecular formula is C12H17NO2. The van der Waals surface area contributed by atoms with Gasteiger partial charge in [0.15, 0.2) is 0 Å². The molecule has 0 radical (unpaired) electrons. The molecule has 2 atom stereocenters. The number of amides is 2. The Labute approximate surface area is 90.1 Å². The molecule has 0 N–H and O–H groups in total. The van der Waals surface area contributed by atoms with Gasteiger partial charge in [-0.3, -0.25) is 14.5 Å². The van der Waals surface area contributed by atoms with Crippen LogP contribution in [0.2, 0.25) is 0 Å². The highest BCUT2D eigenvalue weighted by Crippen LogP contribution is 2.32. The molecule has 15 heavy (non-hydrogen) atoms. The molecule has 1 aliphatic carbocycles. The number of carbonyl (C=O) groups excluding carboxylic acids is 2. The summed E-state index contributed by atoms with van der Waals surface area (Å²) in [6.45, 7) is 2.14. The predicted molar refractivity (Wildman–Crippen MR) is 57.0 cm³/mol. The Bertz CT molecular complexity index is 291. The molecule has 2 rings (SSSR count). The predicted octanol–water partition coefficient (Wildman–Crippen LogP) is 1.88. The largest absolute Gasteiger partial charge is 0.272 e. The molecule has 0 aromatic rings. The molecule has 1 saturated carbocycles. The van der Waals surface area contributed by atoms with Crippen molar-refractivity contribution in [1.29, 1.82) is 0 Å². The molecule has 2 unspecified atom stereocenters. The first kappa shape index (κ1) is 10.4. The van der Waals surface area contributed by atoms with Crippen LogP contribution in [0.5, 0.6) is 0 Å². The van der Waals surface area contributed by atoms with Gasteiger partial charge in [0.25, 0.3) is 11.8 Å². The summed E-state index contributed by atoms with van der Waals surface area (Å²) < 4.78 is 0. The maximum absolute atomic E-state index is 11.6. The van der Waals surface area contributed by atoms with Gasteiger partial charge in [-0.25, -0.2) is 0 Å². The first-order valence-electron chi connectivity index (χ1n) is 5.79. The second kappa shape index (κ2) is 4.17. The van der Waals surface area contributed by atoms with E-state index in [1.165, 1.54) is 23.5 Å².